The topological polar surface area (TPSA) is 233 Å². The number of rotatable bonds is 21. The molecule has 6 heterocycles. The predicted molar refractivity (Wildman–Crippen MR) is 326 cm³/mol. The highest BCUT2D eigenvalue weighted by Crippen LogP contribution is 2.26. The second-order valence-corrected chi connectivity index (χ2v) is 21.4. The maximum Gasteiger partial charge on any atom is 0.247 e. The molecule has 432 valence electrons. The van der Waals surface area contributed by atoms with Crippen LogP contribution < -0.4 is 26.6 Å². The van der Waals surface area contributed by atoms with E-state index in [1.54, 1.807) is 33.3 Å². The molecule has 19 nitrogen and oxygen atoms in total. The summed E-state index contributed by atoms with van der Waals surface area (Å²) in [7, 11) is 0. The van der Waals surface area contributed by atoms with Crippen molar-refractivity contribution >= 4 is 75.1 Å². The summed E-state index contributed by atoms with van der Waals surface area (Å²) in [4.78, 5) is 66.1. The number of aromatic nitrogens is 8. The van der Waals surface area contributed by atoms with Gasteiger partial charge in [-0.2, -0.15) is 39.2 Å². The molecular formula is C63H72ClN13O6. The smallest absolute Gasteiger partial charge is 0.247 e. The van der Waals surface area contributed by atoms with Gasteiger partial charge in [0, 0.05) is 92.4 Å². The Morgan fingerprint density at radius 3 is 1.47 bits per heavy atom. The standard InChI is InChI=1S/C31H35N7O3.C29H34N6O2.C3H3ClO/c1-4-28(40)34-25-10-6-9-23(17-25)27(39)16-21-7-5-8-22(15-21)18-32-31-37-30(35-24-11-13-41-14-12-24)36-29-26(20(2)3)19-33-38(29)31;1-19(2)25-18-31-35-27(25)33-28(32-24-10-12-37-13-11-24)34-29(35)30-17-22-8-5-7-21(15-22)16-26(36)23-9-4-6-20(3)14-23;1-2-3(4)5/h4-10,15,17,19-20,24H,1,11-14,16,18H2,2-3H3,(H,34,40)(H2,32,35,36,37);4-9,14-15,18-19,24H,10-13,16-17H2,1-3H3,(H2,30,32,33,34);2H,1H2. The average molecular weight is 1140 g/mol. The highest BCUT2D eigenvalue weighted by molar-refractivity contribution is 6.66. The highest BCUT2D eigenvalue weighted by atomic mass is 35.5. The lowest BCUT2D eigenvalue weighted by atomic mass is 10.0. The highest BCUT2D eigenvalue weighted by Gasteiger charge is 2.22. The molecule has 0 bridgehead atoms. The summed E-state index contributed by atoms with van der Waals surface area (Å²) in [6.45, 7) is 21.1. The van der Waals surface area contributed by atoms with E-state index in [9.17, 15) is 19.2 Å². The molecule has 0 unspecified atom stereocenters. The Morgan fingerprint density at radius 1 is 0.602 bits per heavy atom. The third-order valence-electron chi connectivity index (χ3n) is 13.9. The second-order valence-electron chi connectivity index (χ2n) is 21.0. The van der Waals surface area contributed by atoms with Crippen molar-refractivity contribution in [2.24, 2.45) is 0 Å². The number of Topliss-reactive ketones (excluding diaryl/α,β-unsaturated/α-hetero) is 2. The average Bonchev–Trinajstić information content (AvgIpc) is 4.22. The second kappa shape index (κ2) is 29.4. The third kappa shape index (κ3) is 17.2. The number of allylic oxidation sites excluding steroid dienone is 1. The van der Waals surface area contributed by atoms with Crippen LogP contribution in [-0.2, 0) is 45.0 Å². The lowest BCUT2D eigenvalue weighted by molar-refractivity contribution is -0.112. The van der Waals surface area contributed by atoms with Crippen LogP contribution in [0.3, 0.4) is 0 Å². The lowest BCUT2D eigenvalue weighted by Gasteiger charge is -2.23. The van der Waals surface area contributed by atoms with Crippen LogP contribution in [0.25, 0.3) is 11.3 Å². The minimum atomic E-state index is -0.509. The Kier molecular flexibility index (Phi) is 21.4. The maximum atomic E-state index is 13.0. The fraction of sp³-hybridized carbons (Fsp3) is 0.333. The zero-order valence-electron chi connectivity index (χ0n) is 47.7. The summed E-state index contributed by atoms with van der Waals surface area (Å²) in [6, 6.07) is 31.2. The number of halogens is 1. The van der Waals surface area contributed by atoms with Gasteiger partial charge >= 0.3 is 0 Å². The molecule has 10 rings (SSSR count). The minimum Gasteiger partial charge on any atom is -0.381 e. The van der Waals surface area contributed by atoms with Gasteiger partial charge in [-0.15, -0.1) is 0 Å². The summed E-state index contributed by atoms with van der Waals surface area (Å²) >= 11 is 4.71. The zero-order valence-corrected chi connectivity index (χ0v) is 48.4. The first kappa shape index (κ1) is 60.4. The van der Waals surface area contributed by atoms with E-state index >= 15 is 0 Å². The molecule has 4 aromatic carbocycles. The van der Waals surface area contributed by atoms with Crippen molar-refractivity contribution in [3.63, 3.8) is 0 Å². The number of anilines is 5. The molecule has 2 saturated heterocycles. The van der Waals surface area contributed by atoms with Gasteiger partial charge in [0.25, 0.3) is 0 Å². The van der Waals surface area contributed by atoms with E-state index in [0.717, 1.165) is 114 Å². The van der Waals surface area contributed by atoms with Crippen LogP contribution in [-0.4, -0.2) is 100 Å². The number of amides is 1. The van der Waals surface area contributed by atoms with Crippen molar-refractivity contribution < 1.29 is 28.7 Å². The van der Waals surface area contributed by atoms with Gasteiger partial charge in [0.05, 0.1) is 12.4 Å². The van der Waals surface area contributed by atoms with Crippen LogP contribution in [0.5, 0.6) is 0 Å². The van der Waals surface area contributed by atoms with Gasteiger partial charge in [-0.25, -0.2) is 0 Å². The van der Waals surface area contributed by atoms with Gasteiger partial charge in [-0.05, 0) is 109 Å². The fourth-order valence-electron chi connectivity index (χ4n) is 9.43. The molecule has 0 aliphatic carbocycles. The molecule has 20 heteroatoms. The summed E-state index contributed by atoms with van der Waals surface area (Å²) in [6.07, 6.45) is 10.2. The van der Waals surface area contributed by atoms with Gasteiger partial charge in [-0.1, -0.05) is 125 Å². The van der Waals surface area contributed by atoms with Crippen molar-refractivity contribution in [1.29, 1.82) is 0 Å². The predicted octanol–water partition coefficient (Wildman–Crippen LogP) is 11.1. The SMILES string of the molecule is C=CC(=O)Cl.C=CC(=O)Nc1cccc(C(=O)Cc2cccc(CNc3nc(NC4CCOCC4)nc4c(C(C)C)cnn34)c2)c1.Cc1cccc(C(=O)Cc2cccc(CNc3nc(NC4CCOCC4)nc4c(C(C)C)cnn34)c2)c1. The van der Waals surface area contributed by atoms with Crippen LogP contribution in [0.4, 0.5) is 29.5 Å². The van der Waals surface area contributed by atoms with E-state index in [-0.39, 0.29) is 41.9 Å². The number of nitrogens with one attached hydrogen (secondary N) is 5. The molecule has 2 aliphatic rings. The molecule has 4 aromatic heterocycles. The number of fused-ring (bicyclic) bond motifs is 2. The van der Waals surface area contributed by atoms with E-state index < -0.39 is 5.24 Å². The molecule has 2 fully saturated rings. The molecule has 5 N–H and O–H groups in total. The number of ether oxygens (including phenoxy) is 2. The van der Waals surface area contributed by atoms with Crippen molar-refractivity contribution in [1.82, 2.24) is 39.2 Å². The number of hydrogen-bond donors (Lipinski definition) is 5. The van der Waals surface area contributed by atoms with Crippen molar-refractivity contribution in [3.8, 4) is 0 Å². The van der Waals surface area contributed by atoms with E-state index in [0.29, 0.717) is 60.5 Å². The van der Waals surface area contributed by atoms with Gasteiger partial charge in [0.15, 0.2) is 22.9 Å². The van der Waals surface area contributed by atoms with E-state index in [1.807, 2.05) is 80.0 Å². The number of ketones is 2. The van der Waals surface area contributed by atoms with Gasteiger partial charge in [0.1, 0.15) is 0 Å². The van der Waals surface area contributed by atoms with Crippen molar-refractivity contribution in [2.45, 2.75) is 110 Å². The van der Waals surface area contributed by atoms with Crippen LogP contribution in [0.15, 0.2) is 135 Å². The number of carbonyl (C=O) groups is 4. The maximum absolute atomic E-state index is 13.0. The molecule has 0 saturated carbocycles. The number of nitrogens with zero attached hydrogens (tertiary/aromatic N) is 8. The van der Waals surface area contributed by atoms with Crippen LogP contribution in [0, 0.1) is 6.92 Å². The number of hydrogen-bond acceptors (Lipinski definition) is 16. The molecule has 1 amide bonds. The molecule has 0 atom stereocenters. The van der Waals surface area contributed by atoms with Crippen LogP contribution >= 0.6 is 11.6 Å². The normalized spacial score (nSPS) is 13.5. The number of carbonyl (C=O) groups excluding carboxylic acids is 4. The van der Waals surface area contributed by atoms with Gasteiger partial charge in [0.2, 0.25) is 34.9 Å². The van der Waals surface area contributed by atoms with Crippen molar-refractivity contribution in [2.75, 3.05) is 53.0 Å². The summed E-state index contributed by atoms with van der Waals surface area (Å²) in [5.74, 6) is 2.71. The quantitative estimate of drug-likeness (QED) is 0.0256. The molecule has 0 spiro atoms. The van der Waals surface area contributed by atoms with Crippen molar-refractivity contribution in [3.05, 3.63) is 185 Å². The fourth-order valence-corrected chi connectivity index (χ4v) is 9.43. The first-order chi connectivity index (χ1) is 40.1. The molecule has 0 radical (unpaired) electrons. The number of aryl methyl sites for hydroxylation is 1. The number of benzene rings is 4. The Hall–Kier alpha value is -8.65. The summed E-state index contributed by atoms with van der Waals surface area (Å²) in [5, 5.41) is 25.2. The van der Waals surface area contributed by atoms with Gasteiger partial charge < -0.3 is 36.1 Å². The molecule has 2 aliphatic heterocycles. The molecular weight excluding hydrogens is 1070 g/mol. The Balaban J connectivity index is 0.000000201. The van der Waals surface area contributed by atoms with Crippen LogP contribution in [0.1, 0.15) is 125 Å². The van der Waals surface area contributed by atoms with E-state index in [4.69, 9.17) is 41.0 Å². The minimum absolute atomic E-state index is 0.0381. The van der Waals surface area contributed by atoms with Crippen LogP contribution in [0.2, 0.25) is 0 Å². The lowest BCUT2D eigenvalue weighted by Crippen LogP contribution is -2.29. The first-order valence-electron chi connectivity index (χ1n) is 27.9. The molecule has 83 heavy (non-hydrogen) atoms. The summed E-state index contributed by atoms with van der Waals surface area (Å²) in [5.41, 5.74) is 10.6. The zero-order chi connectivity index (χ0) is 58.8. The first-order valence-corrected chi connectivity index (χ1v) is 28.3. The Bertz CT molecular complexity index is 3570. The van der Waals surface area contributed by atoms with E-state index in [2.05, 4.69) is 89.8 Å². The van der Waals surface area contributed by atoms with Gasteiger partial charge in [-0.3, -0.25) is 19.2 Å². The Labute approximate surface area is 488 Å². The largest absolute Gasteiger partial charge is 0.381 e. The third-order valence-corrected chi connectivity index (χ3v) is 14.0. The summed E-state index contributed by atoms with van der Waals surface area (Å²) < 4.78 is 14.5. The molecule has 8 aromatic rings. The Morgan fingerprint density at radius 2 is 1.04 bits per heavy atom. The van der Waals surface area contributed by atoms with E-state index in [1.165, 1.54) is 6.08 Å². The monoisotopic (exact) mass is 1140 g/mol.